The highest BCUT2D eigenvalue weighted by molar-refractivity contribution is 7.79. The Balaban J connectivity index is 1.88. The fourth-order valence-corrected chi connectivity index (χ4v) is 6.80. The Morgan fingerprint density at radius 2 is 1.30 bits per heavy atom. The van der Waals surface area contributed by atoms with Crippen LogP contribution in [-0.4, -0.2) is 12.0 Å². The fraction of sp³-hybridized carbons (Fsp3) is 0.0769. The molecule has 0 aliphatic heterocycles. The molecule has 166 valence electrons. The zero-order valence-electron chi connectivity index (χ0n) is 18.0. The van der Waals surface area contributed by atoms with Crippen LogP contribution in [0.2, 0.25) is 0 Å². The van der Waals surface area contributed by atoms with Crippen LogP contribution in [-0.2, 0) is 4.57 Å². The number of benzene rings is 4. The molecule has 4 rings (SSSR count). The molecule has 0 saturated carbocycles. The van der Waals surface area contributed by atoms with Gasteiger partial charge < -0.3 is 14.6 Å². The molecule has 1 atom stereocenters. The minimum absolute atomic E-state index is 0.00384. The van der Waals surface area contributed by atoms with E-state index < -0.39 is 17.8 Å². The quantitative estimate of drug-likeness (QED) is 0.207. The van der Waals surface area contributed by atoms with Gasteiger partial charge in [0.1, 0.15) is 11.5 Å². The maximum Gasteiger partial charge on any atom is 0.269 e. The third-order valence-corrected chi connectivity index (χ3v) is 8.74. The number of nitrogens with zero attached hydrogens (tertiary/aromatic N) is 1. The van der Waals surface area contributed by atoms with E-state index in [-0.39, 0.29) is 5.69 Å². The highest BCUT2D eigenvalue weighted by atomic mass is 31.2. The molecule has 0 aliphatic carbocycles. The van der Waals surface area contributed by atoms with Gasteiger partial charge in [0, 0.05) is 28.4 Å². The minimum Gasteiger partial charge on any atom is -0.497 e. The standard InChI is InChI=1S/C26H23N2O4P/c1-32-23-18-12-20(13-19-23)26(27-21-14-16-22(17-15-21)28(29)30)33(31,24-8-4-2-5-9-24)25-10-6-3-7-11-25/h2-19,26-27H,1H3/t26-/m0/s1. The second-order valence-electron chi connectivity index (χ2n) is 7.45. The summed E-state index contributed by atoms with van der Waals surface area (Å²) in [6, 6.07) is 32.4. The van der Waals surface area contributed by atoms with Gasteiger partial charge in [0.2, 0.25) is 0 Å². The fourth-order valence-electron chi connectivity index (χ4n) is 3.75. The second kappa shape index (κ2) is 9.72. The van der Waals surface area contributed by atoms with Crippen LogP contribution in [0.4, 0.5) is 11.4 Å². The highest BCUT2D eigenvalue weighted by Crippen LogP contribution is 2.57. The number of nitro groups is 1. The predicted octanol–water partition coefficient (Wildman–Crippen LogP) is 5.73. The molecule has 0 heterocycles. The minimum atomic E-state index is -3.26. The Labute approximate surface area is 192 Å². The third-order valence-electron chi connectivity index (χ3n) is 5.46. The van der Waals surface area contributed by atoms with E-state index in [1.165, 1.54) is 12.1 Å². The Kier molecular flexibility index (Phi) is 6.57. The maximum absolute atomic E-state index is 15.0. The normalized spacial score (nSPS) is 12.0. The van der Waals surface area contributed by atoms with E-state index in [2.05, 4.69) is 5.32 Å². The lowest BCUT2D eigenvalue weighted by molar-refractivity contribution is -0.384. The van der Waals surface area contributed by atoms with Crippen molar-refractivity contribution >= 4 is 29.1 Å². The van der Waals surface area contributed by atoms with E-state index >= 15 is 4.57 Å². The van der Waals surface area contributed by atoms with Crippen LogP contribution in [0, 0.1) is 10.1 Å². The van der Waals surface area contributed by atoms with E-state index in [1.807, 2.05) is 84.9 Å². The summed E-state index contributed by atoms with van der Waals surface area (Å²) >= 11 is 0. The molecule has 0 aromatic heterocycles. The summed E-state index contributed by atoms with van der Waals surface area (Å²) in [5.74, 6) is 0.0803. The molecular formula is C26H23N2O4P. The maximum atomic E-state index is 15.0. The number of anilines is 1. The van der Waals surface area contributed by atoms with Crippen molar-refractivity contribution in [3.8, 4) is 5.75 Å². The molecule has 1 N–H and O–H groups in total. The van der Waals surface area contributed by atoms with Crippen LogP contribution in [0.25, 0.3) is 0 Å². The smallest absolute Gasteiger partial charge is 0.269 e. The van der Waals surface area contributed by atoms with Crippen molar-refractivity contribution in [1.82, 2.24) is 0 Å². The van der Waals surface area contributed by atoms with Gasteiger partial charge in [-0.1, -0.05) is 72.8 Å². The number of nitro benzene ring substituents is 1. The van der Waals surface area contributed by atoms with Gasteiger partial charge in [0.25, 0.3) is 5.69 Å². The number of non-ortho nitro benzene ring substituents is 1. The Morgan fingerprint density at radius 3 is 1.76 bits per heavy atom. The topological polar surface area (TPSA) is 81.5 Å². The first-order chi connectivity index (χ1) is 16.0. The van der Waals surface area contributed by atoms with Crippen LogP contribution in [0.3, 0.4) is 0 Å². The first-order valence-electron chi connectivity index (χ1n) is 10.4. The van der Waals surface area contributed by atoms with Crippen molar-refractivity contribution in [2.45, 2.75) is 5.78 Å². The number of rotatable bonds is 8. The van der Waals surface area contributed by atoms with Gasteiger partial charge in [-0.25, -0.2) is 0 Å². The van der Waals surface area contributed by atoms with Crippen LogP contribution >= 0.6 is 7.14 Å². The lowest BCUT2D eigenvalue weighted by Gasteiger charge is -2.31. The van der Waals surface area contributed by atoms with Gasteiger partial charge in [0.05, 0.1) is 12.0 Å². The molecule has 0 spiro atoms. The first kappa shape index (κ1) is 22.3. The Morgan fingerprint density at radius 1 is 0.788 bits per heavy atom. The molecule has 6 nitrogen and oxygen atoms in total. The largest absolute Gasteiger partial charge is 0.497 e. The average Bonchev–Trinajstić information content (AvgIpc) is 2.88. The number of hydrogen-bond donors (Lipinski definition) is 1. The number of hydrogen-bond acceptors (Lipinski definition) is 5. The van der Waals surface area contributed by atoms with Crippen LogP contribution < -0.4 is 20.7 Å². The monoisotopic (exact) mass is 458 g/mol. The molecule has 4 aromatic carbocycles. The summed E-state index contributed by atoms with van der Waals surface area (Å²) in [5, 5.41) is 15.9. The van der Waals surface area contributed by atoms with Crippen LogP contribution in [0.1, 0.15) is 11.3 Å². The van der Waals surface area contributed by atoms with Crippen molar-refractivity contribution in [2.24, 2.45) is 0 Å². The van der Waals surface area contributed by atoms with Gasteiger partial charge in [-0.15, -0.1) is 0 Å². The van der Waals surface area contributed by atoms with Gasteiger partial charge in [-0.05, 0) is 29.8 Å². The highest BCUT2D eigenvalue weighted by Gasteiger charge is 2.38. The summed E-state index contributed by atoms with van der Waals surface area (Å²) in [5.41, 5.74) is 1.44. The van der Waals surface area contributed by atoms with Crippen LogP contribution in [0.5, 0.6) is 5.75 Å². The van der Waals surface area contributed by atoms with Gasteiger partial charge in [-0.3, -0.25) is 10.1 Å². The lowest BCUT2D eigenvalue weighted by atomic mass is 10.2. The molecule has 0 fully saturated rings. The van der Waals surface area contributed by atoms with Crippen molar-refractivity contribution in [2.75, 3.05) is 12.4 Å². The first-order valence-corrected chi connectivity index (χ1v) is 12.2. The molecule has 4 aromatic rings. The summed E-state index contributed by atoms with van der Waals surface area (Å²) < 4.78 is 20.4. The van der Waals surface area contributed by atoms with E-state index in [0.717, 1.165) is 5.56 Å². The second-order valence-corrected chi connectivity index (χ2v) is 10.3. The zero-order chi connectivity index (χ0) is 23.3. The zero-order valence-corrected chi connectivity index (χ0v) is 18.9. The number of nitrogens with one attached hydrogen (secondary N) is 1. The van der Waals surface area contributed by atoms with Crippen molar-refractivity contribution in [1.29, 1.82) is 0 Å². The third kappa shape index (κ3) is 4.66. The van der Waals surface area contributed by atoms with Crippen molar-refractivity contribution < 1.29 is 14.2 Å². The molecular weight excluding hydrogens is 435 g/mol. The summed E-state index contributed by atoms with van der Waals surface area (Å²) in [6.07, 6.45) is 0. The Hall–Kier alpha value is -3.89. The van der Waals surface area contributed by atoms with Crippen molar-refractivity contribution in [3.05, 3.63) is 125 Å². The van der Waals surface area contributed by atoms with Crippen molar-refractivity contribution in [3.63, 3.8) is 0 Å². The number of ether oxygens (including phenoxy) is 1. The van der Waals surface area contributed by atoms with E-state index in [4.69, 9.17) is 4.74 Å². The van der Waals surface area contributed by atoms with E-state index in [9.17, 15) is 10.1 Å². The van der Waals surface area contributed by atoms with Gasteiger partial charge >= 0.3 is 0 Å². The molecule has 0 aliphatic rings. The molecule has 0 amide bonds. The molecule has 33 heavy (non-hydrogen) atoms. The van der Waals surface area contributed by atoms with E-state index in [0.29, 0.717) is 22.0 Å². The van der Waals surface area contributed by atoms with E-state index in [1.54, 1.807) is 19.2 Å². The lowest BCUT2D eigenvalue weighted by Crippen LogP contribution is -2.25. The molecule has 0 saturated heterocycles. The number of methoxy groups -OCH3 is 1. The van der Waals surface area contributed by atoms with Gasteiger partial charge in [-0.2, -0.15) is 0 Å². The molecule has 0 radical (unpaired) electrons. The molecule has 0 bridgehead atoms. The van der Waals surface area contributed by atoms with Crippen LogP contribution in [0.15, 0.2) is 109 Å². The Bertz CT molecular complexity index is 1220. The summed E-state index contributed by atoms with van der Waals surface area (Å²) in [4.78, 5) is 10.6. The van der Waals surface area contributed by atoms with Gasteiger partial charge in [0.15, 0.2) is 7.14 Å². The summed E-state index contributed by atoms with van der Waals surface area (Å²) in [7, 11) is -1.66. The predicted molar refractivity (Wildman–Crippen MR) is 132 cm³/mol. The average molecular weight is 458 g/mol. The molecule has 7 heteroatoms. The summed E-state index contributed by atoms with van der Waals surface area (Å²) in [6.45, 7) is 0. The SMILES string of the molecule is COc1ccc([C@@H](Nc2ccc([N+](=O)[O-])cc2)P(=O)(c2ccccc2)c2ccccc2)cc1. The molecule has 0 unspecified atom stereocenters.